The van der Waals surface area contributed by atoms with E-state index in [4.69, 9.17) is 4.74 Å². The van der Waals surface area contributed by atoms with Gasteiger partial charge in [0.15, 0.2) is 6.61 Å². The zero-order valence-corrected chi connectivity index (χ0v) is 14.0. The van der Waals surface area contributed by atoms with Crippen LogP contribution in [0.15, 0.2) is 55.1 Å². The summed E-state index contributed by atoms with van der Waals surface area (Å²) in [6, 6.07) is 11.9. The highest BCUT2D eigenvalue weighted by molar-refractivity contribution is 5.91. The van der Waals surface area contributed by atoms with Crippen LogP contribution < -0.4 is 10.1 Å². The lowest BCUT2D eigenvalue weighted by Crippen LogP contribution is -2.20. The number of anilines is 1. The normalized spacial score (nSPS) is 10.1. The summed E-state index contributed by atoms with van der Waals surface area (Å²) in [5.41, 5.74) is 2.48. The largest absolute Gasteiger partial charge is 0.483 e. The van der Waals surface area contributed by atoms with Gasteiger partial charge in [0.25, 0.3) is 11.6 Å². The third kappa shape index (κ3) is 5.17. The lowest BCUT2D eigenvalue weighted by atomic mass is 10.1. The zero-order chi connectivity index (χ0) is 18.2. The Morgan fingerprint density at radius 1 is 1.28 bits per heavy atom. The van der Waals surface area contributed by atoms with E-state index >= 15 is 0 Å². The SMILES string of the molecule is C=CCc1cc([N+](=O)[O-])ccc1OCC(=O)Nc1ccc(CC)cc1. The van der Waals surface area contributed by atoms with Gasteiger partial charge in [-0.05, 0) is 36.6 Å². The van der Waals surface area contributed by atoms with Gasteiger partial charge in [0.2, 0.25) is 0 Å². The number of amides is 1. The van der Waals surface area contributed by atoms with E-state index in [9.17, 15) is 14.9 Å². The molecule has 1 N–H and O–H groups in total. The van der Waals surface area contributed by atoms with Crippen molar-refractivity contribution in [2.24, 2.45) is 0 Å². The van der Waals surface area contributed by atoms with E-state index in [0.717, 1.165) is 6.42 Å². The molecule has 0 fully saturated rings. The average molecular weight is 340 g/mol. The number of benzene rings is 2. The molecule has 0 aliphatic carbocycles. The fraction of sp³-hybridized carbons (Fsp3) is 0.211. The van der Waals surface area contributed by atoms with Crippen molar-refractivity contribution in [3.8, 4) is 5.75 Å². The maximum atomic E-state index is 12.0. The number of rotatable bonds is 8. The summed E-state index contributed by atoms with van der Waals surface area (Å²) in [4.78, 5) is 22.4. The van der Waals surface area contributed by atoms with Crippen LogP contribution in [-0.2, 0) is 17.6 Å². The number of hydrogen-bond donors (Lipinski definition) is 1. The van der Waals surface area contributed by atoms with Crippen LogP contribution >= 0.6 is 0 Å². The Kier molecular flexibility index (Phi) is 6.28. The van der Waals surface area contributed by atoms with Gasteiger partial charge >= 0.3 is 0 Å². The molecule has 0 spiro atoms. The van der Waals surface area contributed by atoms with Crippen LogP contribution in [0.4, 0.5) is 11.4 Å². The first-order valence-corrected chi connectivity index (χ1v) is 7.93. The second-order valence-electron chi connectivity index (χ2n) is 5.43. The smallest absolute Gasteiger partial charge is 0.269 e. The summed E-state index contributed by atoms with van der Waals surface area (Å²) in [6.07, 6.45) is 2.97. The summed E-state index contributed by atoms with van der Waals surface area (Å²) in [6.45, 7) is 5.51. The topological polar surface area (TPSA) is 81.5 Å². The van der Waals surface area contributed by atoms with Crippen molar-refractivity contribution in [3.63, 3.8) is 0 Å². The highest BCUT2D eigenvalue weighted by Gasteiger charge is 2.12. The molecule has 0 bridgehead atoms. The van der Waals surface area contributed by atoms with Gasteiger partial charge in [-0.1, -0.05) is 25.1 Å². The standard InChI is InChI=1S/C19H20N2O4/c1-3-5-15-12-17(21(23)24)10-11-18(15)25-13-19(22)20-16-8-6-14(4-2)7-9-16/h3,6-12H,1,4-5,13H2,2H3,(H,20,22). The van der Waals surface area contributed by atoms with Gasteiger partial charge in [-0.3, -0.25) is 14.9 Å². The minimum absolute atomic E-state index is 0.0235. The van der Waals surface area contributed by atoms with Crippen LogP contribution in [0.5, 0.6) is 5.75 Å². The van der Waals surface area contributed by atoms with Gasteiger partial charge in [-0.2, -0.15) is 0 Å². The number of nitrogens with one attached hydrogen (secondary N) is 1. The molecule has 0 heterocycles. The lowest BCUT2D eigenvalue weighted by molar-refractivity contribution is -0.384. The van der Waals surface area contributed by atoms with Crippen LogP contribution in [0, 0.1) is 10.1 Å². The predicted molar refractivity (Wildman–Crippen MR) is 96.9 cm³/mol. The summed E-state index contributed by atoms with van der Waals surface area (Å²) in [7, 11) is 0. The molecule has 1 amide bonds. The number of nitrogens with zero attached hydrogens (tertiary/aromatic N) is 1. The maximum Gasteiger partial charge on any atom is 0.269 e. The third-order valence-electron chi connectivity index (χ3n) is 3.62. The Morgan fingerprint density at radius 3 is 2.60 bits per heavy atom. The maximum absolute atomic E-state index is 12.0. The lowest BCUT2D eigenvalue weighted by Gasteiger charge is -2.11. The summed E-state index contributed by atoms with van der Waals surface area (Å²) < 4.78 is 5.52. The molecule has 25 heavy (non-hydrogen) atoms. The zero-order valence-electron chi connectivity index (χ0n) is 14.0. The highest BCUT2D eigenvalue weighted by atomic mass is 16.6. The number of aryl methyl sites for hydroxylation is 1. The van der Waals surface area contributed by atoms with Gasteiger partial charge in [-0.15, -0.1) is 6.58 Å². The summed E-state index contributed by atoms with van der Waals surface area (Å²) in [5.74, 6) is 0.133. The van der Waals surface area contributed by atoms with Gasteiger partial charge in [0.05, 0.1) is 4.92 Å². The molecule has 0 aliphatic heterocycles. The molecule has 2 aromatic rings. The van der Waals surface area contributed by atoms with Crippen LogP contribution in [0.3, 0.4) is 0 Å². The van der Waals surface area contributed by atoms with Gasteiger partial charge < -0.3 is 10.1 Å². The molecule has 0 aliphatic rings. The van der Waals surface area contributed by atoms with Crippen LogP contribution in [0.2, 0.25) is 0 Å². The van der Waals surface area contributed by atoms with Crippen LogP contribution in [0.25, 0.3) is 0 Å². The van der Waals surface area contributed by atoms with E-state index in [1.165, 1.54) is 23.8 Å². The van der Waals surface area contributed by atoms with Gasteiger partial charge in [0, 0.05) is 23.4 Å². The highest BCUT2D eigenvalue weighted by Crippen LogP contribution is 2.25. The molecule has 0 aromatic heterocycles. The molecule has 6 nitrogen and oxygen atoms in total. The monoisotopic (exact) mass is 340 g/mol. The van der Waals surface area contributed by atoms with Crippen LogP contribution in [-0.4, -0.2) is 17.4 Å². The fourth-order valence-corrected chi connectivity index (χ4v) is 2.30. The molecule has 2 rings (SSSR count). The van der Waals surface area contributed by atoms with Crippen molar-refractivity contribution in [3.05, 3.63) is 76.4 Å². The van der Waals surface area contributed by atoms with Crippen molar-refractivity contribution in [2.45, 2.75) is 19.8 Å². The minimum atomic E-state index is -0.469. The second-order valence-corrected chi connectivity index (χ2v) is 5.43. The molecule has 130 valence electrons. The number of nitro benzene ring substituents is 1. The van der Waals surface area contributed by atoms with Crippen molar-refractivity contribution in [1.29, 1.82) is 0 Å². The Balaban J connectivity index is 2.00. The molecule has 0 unspecified atom stereocenters. The molecule has 0 atom stereocenters. The number of carbonyl (C=O) groups is 1. The molecule has 0 saturated carbocycles. The Hall–Kier alpha value is -3.15. The number of carbonyl (C=O) groups excluding carboxylic acids is 1. The second kappa shape index (κ2) is 8.63. The van der Waals surface area contributed by atoms with Crippen molar-refractivity contribution in [2.75, 3.05) is 11.9 Å². The first-order valence-electron chi connectivity index (χ1n) is 7.93. The van der Waals surface area contributed by atoms with Gasteiger partial charge in [-0.25, -0.2) is 0 Å². The quantitative estimate of drug-likeness (QED) is 0.449. The average Bonchev–Trinajstić information content (AvgIpc) is 2.61. The van der Waals surface area contributed by atoms with E-state index in [-0.39, 0.29) is 18.2 Å². The van der Waals surface area contributed by atoms with Crippen molar-refractivity contribution < 1.29 is 14.5 Å². The predicted octanol–water partition coefficient (Wildman–Crippen LogP) is 3.90. The van der Waals surface area contributed by atoms with E-state index < -0.39 is 4.92 Å². The van der Waals surface area contributed by atoms with Gasteiger partial charge in [0.1, 0.15) is 5.75 Å². The number of non-ortho nitro benzene ring substituents is 1. The third-order valence-corrected chi connectivity index (χ3v) is 3.62. The molecular formula is C19H20N2O4. The van der Waals surface area contributed by atoms with Crippen molar-refractivity contribution >= 4 is 17.3 Å². The molecular weight excluding hydrogens is 320 g/mol. The van der Waals surface area contributed by atoms with Crippen LogP contribution in [0.1, 0.15) is 18.1 Å². The van der Waals surface area contributed by atoms with E-state index in [0.29, 0.717) is 23.4 Å². The van der Waals surface area contributed by atoms with E-state index in [2.05, 4.69) is 18.8 Å². The number of hydrogen-bond acceptors (Lipinski definition) is 4. The van der Waals surface area contributed by atoms with E-state index in [1.54, 1.807) is 6.08 Å². The molecule has 2 aromatic carbocycles. The Labute approximate surface area is 146 Å². The molecule has 6 heteroatoms. The number of nitro groups is 1. The summed E-state index contributed by atoms with van der Waals surface area (Å²) >= 11 is 0. The fourth-order valence-electron chi connectivity index (χ4n) is 2.30. The van der Waals surface area contributed by atoms with E-state index in [1.807, 2.05) is 24.3 Å². The Bertz CT molecular complexity index is 769. The minimum Gasteiger partial charge on any atom is -0.483 e. The van der Waals surface area contributed by atoms with Crippen molar-refractivity contribution in [1.82, 2.24) is 0 Å². The number of allylic oxidation sites excluding steroid dienone is 1. The Morgan fingerprint density at radius 2 is 2.00 bits per heavy atom. The first kappa shape index (κ1) is 18.2. The first-order chi connectivity index (χ1) is 12.0. The summed E-state index contributed by atoms with van der Waals surface area (Å²) in [5, 5.41) is 13.6. The number of ether oxygens (including phenoxy) is 1. The molecule has 0 saturated heterocycles. The molecule has 0 radical (unpaired) electrons.